The average molecular weight is 143 g/mol. The van der Waals surface area contributed by atoms with Crippen molar-refractivity contribution in [1.82, 2.24) is 5.32 Å². The van der Waals surface area contributed by atoms with Crippen molar-refractivity contribution in [2.24, 2.45) is 0 Å². The fourth-order valence-corrected chi connectivity index (χ4v) is 0.751. The van der Waals surface area contributed by atoms with Gasteiger partial charge in [-0.15, -0.1) is 0 Å². The van der Waals surface area contributed by atoms with Crippen molar-refractivity contribution < 1.29 is 5.11 Å². The lowest BCUT2D eigenvalue weighted by Gasteiger charge is -2.22. The minimum Gasteiger partial charge on any atom is -0.389 e. The van der Waals surface area contributed by atoms with E-state index in [0.717, 1.165) is 19.4 Å². The van der Waals surface area contributed by atoms with E-state index in [9.17, 15) is 5.11 Å². The number of hydrogen-bond donors (Lipinski definition) is 2. The summed E-state index contributed by atoms with van der Waals surface area (Å²) in [5.41, 5.74) is -0.217. The fraction of sp³-hybridized carbons (Fsp3) is 1.00. The van der Waals surface area contributed by atoms with Crippen molar-refractivity contribution in [3.63, 3.8) is 0 Å². The van der Waals surface area contributed by atoms with Gasteiger partial charge in [0.1, 0.15) is 0 Å². The second-order valence-electron chi connectivity index (χ2n) is 4.33. The van der Waals surface area contributed by atoms with E-state index in [0.29, 0.717) is 0 Å². The predicted octanol–water partition coefficient (Wildman–Crippen LogP) is 0.899. The highest BCUT2D eigenvalue weighted by Gasteiger charge is 2.40. The van der Waals surface area contributed by atoms with Gasteiger partial charge in [0.25, 0.3) is 0 Å². The smallest absolute Gasteiger partial charge is 0.0773 e. The summed E-state index contributed by atoms with van der Waals surface area (Å²) in [6, 6.07) is 0. The summed E-state index contributed by atoms with van der Waals surface area (Å²) >= 11 is 0. The zero-order valence-electron chi connectivity index (χ0n) is 7.07. The Kier molecular flexibility index (Phi) is 1.77. The Morgan fingerprint density at radius 3 is 2.20 bits per heavy atom. The van der Waals surface area contributed by atoms with Crippen LogP contribution in [0.25, 0.3) is 0 Å². The number of nitrogens with one attached hydrogen (secondary N) is 1. The van der Waals surface area contributed by atoms with Crippen molar-refractivity contribution in [2.75, 3.05) is 6.54 Å². The molecular formula is C8H17NO. The number of aliphatic hydroxyl groups is 1. The van der Waals surface area contributed by atoms with E-state index >= 15 is 0 Å². The molecule has 0 atom stereocenters. The van der Waals surface area contributed by atoms with E-state index in [1.807, 2.05) is 0 Å². The molecule has 1 rings (SSSR count). The molecule has 1 aliphatic rings. The van der Waals surface area contributed by atoms with E-state index in [-0.39, 0.29) is 11.1 Å². The highest BCUT2D eigenvalue weighted by molar-refractivity contribution is 4.96. The molecule has 2 heteroatoms. The first-order valence-corrected chi connectivity index (χ1v) is 3.89. The van der Waals surface area contributed by atoms with Crippen LogP contribution in [0.3, 0.4) is 0 Å². The summed E-state index contributed by atoms with van der Waals surface area (Å²) in [5, 5.41) is 12.7. The minimum atomic E-state index is -0.354. The van der Waals surface area contributed by atoms with Gasteiger partial charge in [-0.05, 0) is 33.6 Å². The normalized spacial score (nSPS) is 22.8. The van der Waals surface area contributed by atoms with E-state index < -0.39 is 0 Å². The average Bonchev–Trinajstić information content (AvgIpc) is 2.43. The van der Waals surface area contributed by atoms with Crippen molar-refractivity contribution >= 4 is 0 Å². The molecule has 2 N–H and O–H groups in total. The molecule has 0 saturated heterocycles. The van der Waals surface area contributed by atoms with Crippen LogP contribution < -0.4 is 5.32 Å². The van der Waals surface area contributed by atoms with Gasteiger partial charge < -0.3 is 10.4 Å². The van der Waals surface area contributed by atoms with Crippen LogP contribution in [-0.2, 0) is 0 Å². The molecule has 0 aromatic rings. The molecule has 1 saturated carbocycles. The Labute approximate surface area is 62.6 Å². The minimum absolute atomic E-state index is 0.137. The van der Waals surface area contributed by atoms with Gasteiger partial charge in [-0.25, -0.2) is 0 Å². The van der Waals surface area contributed by atoms with E-state index in [1.165, 1.54) is 0 Å². The third-order valence-electron chi connectivity index (χ3n) is 1.77. The van der Waals surface area contributed by atoms with Crippen LogP contribution >= 0.6 is 0 Å². The molecule has 1 aliphatic carbocycles. The van der Waals surface area contributed by atoms with Gasteiger partial charge in [0.15, 0.2) is 0 Å². The van der Waals surface area contributed by atoms with Crippen LogP contribution in [0.1, 0.15) is 33.6 Å². The molecule has 0 aromatic heterocycles. The summed E-state index contributed by atoms with van der Waals surface area (Å²) in [7, 11) is 0. The third-order valence-corrected chi connectivity index (χ3v) is 1.77. The van der Waals surface area contributed by atoms with Crippen molar-refractivity contribution in [2.45, 2.75) is 44.8 Å². The van der Waals surface area contributed by atoms with Gasteiger partial charge in [0.2, 0.25) is 0 Å². The Morgan fingerprint density at radius 1 is 1.40 bits per heavy atom. The second kappa shape index (κ2) is 2.21. The van der Waals surface area contributed by atoms with Crippen LogP contribution in [0.15, 0.2) is 0 Å². The van der Waals surface area contributed by atoms with Gasteiger partial charge in [-0.2, -0.15) is 0 Å². The van der Waals surface area contributed by atoms with Crippen LogP contribution in [0.5, 0.6) is 0 Å². The Morgan fingerprint density at radius 2 is 1.90 bits per heavy atom. The van der Waals surface area contributed by atoms with E-state index in [4.69, 9.17) is 0 Å². The maximum atomic E-state index is 9.43. The maximum absolute atomic E-state index is 9.43. The summed E-state index contributed by atoms with van der Waals surface area (Å²) in [4.78, 5) is 0. The molecule has 0 spiro atoms. The first-order chi connectivity index (χ1) is 4.41. The standard InChI is InChI=1S/C8H17NO/c1-7(2,3)9-6-8(10)4-5-8/h9-10H,4-6H2,1-3H3. The zero-order valence-corrected chi connectivity index (χ0v) is 7.07. The second-order valence-corrected chi connectivity index (χ2v) is 4.33. The van der Waals surface area contributed by atoms with Crippen molar-refractivity contribution in [3.8, 4) is 0 Å². The monoisotopic (exact) mass is 143 g/mol. The summed E-state index contributed by atoms with van der Waals surface area (Å²) in [6.45, 7) is 7.08. The summed E-state index contributed by atoms with van der Waals surface area (Å²) in [6.07, 6.45) is 1.94. The van der Waals surface area contributed by atoms with Crippen molar-refractivity contribution in [1.29, 1.82) is 0 Å². The number of rotatable bonds is 2. The predicted molar refractivity (Wildman–Crippen MR) is 41.9 cm³/mol. The van der Waals surface area contributed by atoms with Crippen LogP contribution in [0, 0.1) is 0 Å². The van der Waals surface area contributed by atoms with E-state index in [1.54, 1.807) is 0 Å². The highest BCUT2D eigenvalue weighted by atomic mass is 16.3. The fourth-order valence-electron chi connectivity index (χ4n) is 0.751. The summed E-state index contributed by atoms with van der Waals surface area (Å²) in [5.74, 6) is 0. The molecule has 0 amide bonds. The number of hydrogen-bond acceptors (Lipinski definition) is 2. The first kappa shape index (κ1) is 8.02. The molecule has 60 valence electrons. The number of β-amino-alcohol motifs (C(OH)–C–C–N with tert-alkyl or cyclic N) is 1. The molecule has 0 unspecified atom stereocenters. The molecule has 10 heavy (non-hydrogen) atoms. The lowest BCUT2D eigenvalue weighted by atomic mass is 10.1. The lowest BCUT2D eigenvalue weighted by molar-refractivity contribution is 0.138. The molecule has 1 fully saturated rings. The summed E-state index contributed by atoms with van der Waals surface area (Å²) < 4.78 is 0. The van der Waals surface area contributed by atoms with Gasteiger partial charge in [-0.1, -0.05) is 0 Å². The van der Waals surface area contributed by atoms with Crippen LogP contribution in [-0.4, -0.2) is 22.8 Å². The van der Waals surface area contributed by atoms with Crippen LogP contribution in [0.2, 0.25) is 0 Å². The van der Waals surface area contributed by atoms with Gasteiger partial charge >= 0.3 is 0 Å². The van der Waals surface area contributed by atoms with Crippen molar-refractivity contribution in [3.05, 3.63) is 0 Å². The van der Waals surface area contributed by atoms with Gasteiger partial charge in [-0.3, -0.25) is 0 Å². The highest BCUT2D eigenvalue weighted by Crippen LogP contribution is 2.34. The zero-order chi connectivity index (χ0) is 7.83. The largest absolute Gasteiger partial charge is 0.389 e. The molecule has 0 heterocycles. The Balaban J connectivity index is 2.17. The van der Waals surface area contributed by atoms with Crippen LogP contribution in [0.4, 0.5) is 0 Å². The Hall–Kier alpha value is -0.0800. The lowest BCUT2D eigenvalue weighted by Crippen LogP contribution is -2.41. The quantitative estimate of drug-likeness (QED) is 0.602. The molecule has 0 aromatic carbocycles. The molecule has 0 bridgehead atoms. The SMILES string of the molecule is CC(C)(C)NCC1(O)CC1. The first-order valence-electron chi connectivity index (χ1n) is 3.89. The Bertz CT molecular complexity index is 116. The van der Waals surface area contributed by atoms with Gasteiger partial charge in [0, 0.05) is 12.1 Å². The molecule has 2 nitrogen and oxygen atoms in total. The topological polar surface area (TPSA) is 32.3 Å². The third kappa shape index (κ3) is 2.67. The van der Waals surface area contributed by atoms with Gasteiger partial charge in [0.05, 0.1) is 5.60 Å². The molecule has 0 aliphatic heterocycles. The molecular weight excluding hydrogens is 126 g/mol. The van der Waals surface area contributed by atoms with E-state index in [2.05, 4.69) is 26.1 Å². The maximum Gasteiger partial charge on any atom is 0.0773 e. The molecule has 0 radical (unpaired) electrons.